The first-order valence-corrected chi connectivity index (χ1v) is 14.4. The third kappa shape index (κ3) is 5.59. The van der Waals surface area contributed by atoms with E-state index in [9.17, 15) is 5.26 Å². The highest BCUT2D eigenvalue weighted by Crippen LogP contribution is 2.44. The van der Waals surface area contributed by atoms with Gasteiger partial charge in [-0.3, -0.25) is 0 Å². The predicted octanol–water partition coefficient (Wildman–Crippen LogP) is 10.4. The van der Waals surface area contributed by atoms with Crippen molar-refractivity contribution in [3.8, 4) is 28.3 Å². The maximum absolute atomic E-state index is 9.80. The molecule has 0 fully saturated rings. The molecular weight excluding hydrogens is 508 g/mol. The quantitative estimate of drug-likeness (QED) is 0.185. The monoisotopic (exact) mass is 540 g/mol. The molecule has 2 nitrogen and oxygen atoms in total. The minimum absolute atomic E-state index is 0.435. The highest BCUT2D eigenvalue weighted by atomic mass is 14.9. The van der Waals surface area contributed by atoms with Crippen LogP contribution < -0.4 is 5.32 Å². The van der Waals surface area contributed by atoms with Crippen LogP contribution in [0.1, 0.15) is 29.5 Å². The summed E-state index contributed by atoms with van der Waals surface area (Å²) in [6, 6.07) is 60.0. The van der Waals surface area contributed by atoms with E-state index in [2.05, 4.69) is 145 Å². The first-order valence-electron chi connectivity index (χ1n) is 14.4. The third-order valence-corrected chi connectivity index (χ3v) is 8.02. The van der Waals surface area contributed by atoms with E-state index in [1.54, 1.807) is 0 Å². The van der Waals surface area contributed by atoms with Crippen molar-refractivity contribution in [1.82, 2.24) is 0 Å². The molecule has 0 saturated heterocycles. The lowest BCUT2D eigenvalue weighted by Crippen LogP contribution is -2.29. The van der Waals surface area contributed by atoms with Crippen molar-refractivity contribution in [2.24, 2.45) is 0 Å². The van der Waals surface area contributed by atoms with Crippen LogP contribution in [0.3, 0.4) is 0 Å². The maximum Gasteiger partial charge on any atom is 0.0622 e. The Labute approximate surface area is 248 Å². The first kappa shape index (κ1) is 26.8. The predicted molar refractivity (Wildman–Crippen MR) is 175 cm³/mol. The molecule has 0 radical (unpaired) electrons. The Morgan fingerprint density at radius 1 is 0.429 bits per heavy atom. The molecule has 0 spiro atoms. The van der Waals surface area contributed by atoms with E-state index in [-0.39, 0.29) is 0 Å². The molecule has 0 aliphatic carbocycles. The van der Waals surface area contributed by atoms with Crippen molar-refractivity contribution in [3.63, 3.8) is 0 Å². The largest absolute Gasteiger partial charge is 0.356 e. The van der Waals surface area contributed by atoms with Crippen LogP contribution in [0.25, 0.3) is 22.3 Å². The molecule has 202 valence electrons. The molecule has 6 aromatic rings. The average molecular weight is 541 g/mol. The van der Waals surface area contributed by atoms with Gasteiger partial charge in [-0.05, 0) is 69.6 Å². The smallest absolute Gasteiger partial charge is 0.0622 e. The lowest BCUT2D eigenvalue weighted by Gasteiger charge is -2.36. The molecule has 6 rings (SSSR count). The van der Waals surface area contributed by atoms with Crippen LogP contribution >= 0.6 is 0 Å². The lowest BCUT2D eigenvalue weighted by molar-refractivity contribution is 0.569. The van der Waals surface area contributed by atoms with Gasteiger partial charge in [-0.15, -0.1) is 0 Å². The SMILES string of the molecule is N#CCCC(c1ccc(Nc2ccccc2)cc1)(c1ccc(-c2ccccc2)cc1)c1ccc(-c2ccccc2)cc1. The number of para-hydroxylation sites is 1. The molecule has 42 heavy (non-hydrogen) atoms. The summed E-state index contributed by atoms with van der Waals surface area (Å²) < 4.78 is 0. The van der Waals surface area contributed by atoms with Crippen LogP contribution in [0, 0.1) is 11.3 Å². The van der Waals surface area contributed by atoms with Crippen molar-refractivity contribution >= 4 is 11.4 Å². The second-order valence-corrected chi connectivity index (χ2v) is 10.5. The van der Waals surface area contributed by atoms with E-state index in [0.717, 1.165) is 16.9 Å². The van der Waals surface area contributed by atoms with E-state index in [1.807, 2.05) is 30.3 Å². The molecule has 0 heterocycles. The fraction of sp³-hybridized carbons (Fsp3) is 0.0750. The molecule has 0 saturated carbocycles. The molecule has 0 aliphatic heterocycles. The molecule has 0 atom stereocenters. The normalized spacial score (nSPS) is 11.0. The summed E-state index contributed by atoms with van der Waals surface area (Å²) in [5.41, 5.74) is 9.83. The lowest BCUT2D eigenvalue weighted by atomic mass is 9.66. The van der Waals surface area contributed by atoms with Crippen LogP contribution in [0.15, 0.2) is 164 Å². The van der Waals surface area contributed by atoms with Gasteiger partial charge in [0.25, 0.3) is 0 Å². The van der Waals surface area contributed by atoms with Gasteiger partial charge in [0.2, 0.25) is 0 Å². The Bertz CT molecular complexity index is 1670. The zero-order chi connectivity index (χ0) is 28.6. The van der Waals surface area contributed by atoms with Crippen LogP contribution in [0.4, 0.5) is 11.4 Å². The maximum atomic E-state index is 9.80. The van der Waals surface area contributed by atoms with Crippen LogP contribution in [-0.2, 0) is 5.41 Å². The molecule has 1 N–H and O–H groups in total. The van der Waals surface area contributed by atoms with Gasteiger partial charge in [0.15, 0.2) is 0 Å². The second-order valence-electron chi connectivity index (χ2n) is 10.5. The van der Waals surface area contributed by atoms with Crippen LogP contribution in [-0.4, -0.2) is 0 Å². The number of nitrogens with one attached hydrogen (secondary N) is 1. The highest BCUT2D eigenvalue weighted by molar-refractivity contribution is 5.67. The highest BCUT2D eigenvalue weighted by Gasteiger charge is 2.36. The van der Waals surface area contributed by atoms with E-state index in [4.69, 9.17) is 0 Å². The zero-order valence-electron chi connectivity index (χ0n) is 23.4. The number of benzene rings is 6. The molecule has 2 heteroatoms. The fourth-order valence-electron chi connectivity index (χ4n) is 5.86. The molecule has 0 aromatic heterocycles. The van der Waals surface area contributed by atoms with Crippen molar-refractivity contribution < 1.29 is 0 Å². The van der Waals surface area contributed by atoms with Gasteiger partial charge in [0.1, 0.15) is 0 Å². The van der Waals surface area contributed by atoms with E-state index >= 15 is 0 Å². The summed E-state index contributed by atoms with van der Waals surface area (Å²) in [5, 5.41) is 13.3. The summed E-state index contributed by atoms with van der Waals surface area (Å²) in [5.74, 6) is 0. The Hall–Kier alpha value is -5.39. The topological polar surface area (TPSA) is 35.8 Å². The van der Waals surface area contributed by atoms with Gasteiger partial charge in [0.05, 0.1) is 6.07 Å². The Morgan fingerprint density at radius 3 is 1.21 bits per heavy atom. The Balaban J connectivity index is 1.46. The number of nitrogens with zero attached hydrogens (tertiary/aromatic N) is 1. The fourth-order valence-corrected chi connectivity index (χ4v) is 5.86. The van der Waals surface area contributed by atoms with E-state index in [1.165, 1.54) is 33.4 Å². The Kier molecular flexibility index (Phi) is 7.93. The van der Waals surface area contributed by atoms with Crippen molar-refractivity contribution in [2.75, 3.05) is 5.32 Å². The summed E-state index contributed by atoms with van der Waals surface area (Å²) in [7, 11) is 0. The molecule has 0 amide bonds. The average Bonchev–Trinajstić information content (AvgIpc) is 3.07. The number of hydrogen-bond donors (Lipinski definition) is 1. The summed E-state index contributed by atoms with van der Waals surface area (Å²) in [4.78, 5) is 0. The summed E-state index contributed by atoms with van der Waals surface area (Å²) in [6.07, 6.45) is 1.11. The van der Waals surface area contributed by atoms with Gasteiger partial charge in [-0.1, -0.05) is 140 Å². The Morgan fingerprint density at radius 2 is 0.786 bits per heavy atom. The summed E-state index contributed by atoms with van der Waals surface area (Å²) >= 11 is 0. The van der Waals surface area contributed by atoms with Crippen LogP contribution in [0.5, 0.6) is 0 Å². The molecule has 0 unspecified atom stereocenters. The molecule has 0 bridgehead atoms. The minimum Gasteiger partial charge on any atom is -0.356 e. The van der Waals surface area contributed by atoms with Gasteiger partial charge < -0.3 is 5.32 Å². The second kappa shape index (κ2) is 12.4. The van der Waals surface area contributed by atoms with Gasteiger partial charge >= 0.3 is 0 Å². The number of anilines is 2. The molecule has 6 aromatic carbocycles. The third-order valence-electron chi connectivity index (χ3n) is 8.02. The first-order chi connectivity index (χ1) is 20.8. The van der Waals surface area contributed by atoms with Gasteiger partial charge in [0, 0.05) is 23.2 Å². The zero-order valence-corrected chi connectivity index (χ0v) is 23.4. The van der Waals surface area contributed by atoms with Crippen molar-refractivity contribution in [2.45, 2.75) is 18.3 Å². The van der Waals surface area contributed by atoms with Gasteiger partial charge in [-0.2, -0.15) is 5.26 Å². The van der Waals surface area contributed by atoms with Gasteiger partial charge in [-0.25, -0.2) is 0 Å². The van der Waals surface area contributed by atoms with E-state index < -0.39 is 5.41 Å². The minimum atomic E-state index is -0.495. The van der Waals surface area contributed by atoms with Crippen LogP contribution in [0.2, 0.25) is 0 Å². The van der Waals surface area contributed by atoms with Crippen molar-refractivity contribution in [3.05, 3.63) is 180 Å². The van der Waals surface area contributed by atoms with Crippen molar-refractivity contribution in [1.29, 1.82) is 5.26 Å². The standard InChI is InChI=1S/C40H32N2/c41-30-10-29-40(35-21-17-33(18-22-35)31-11-4-1-5-12-31,36-23-19-34(20-24-36)32-13-6-2-7-14-32)37-25-27-39(28-26-37)42-38-15-8-3-9-16-38/h1-9,11-28,42H,10,29H2. The molecule has 0 aliphatic rings. The van der Waals surface area contributed by atoms with E-state index in [0.29, 0.717) is 12.8 Å². The molecular formula is C40H32N2. The number of rotatable bonds is 9. The number of nitriles is 1. The summed E-state index contributed by atoms with van der Waals surface area (Å²) in [6.45, 7) is 0. The number of hydrogen-bond acceptors (Lipinski definition) is 2.